The van der Waals surface area contributed by atoms with Crippen molar-refractivity contribution in [1.29, 1.82) is 0 Å². The van der Waals surface area contributed by atoms with E-state index >= 15 is 0 Å². The first-order chi connectivity index (χ1) is 9.06. The van der Waals surface area contributed by atoms with Gasteiger partial charge in [0.1, 0.15) is 11.0 Å². The fourth-order valence-corrected chi connectivity index (χ4v) is 1.75. The Kier molecular flexibility index (Phi) is 4.12. The van der Waals surface area contributed by atoms with Crippen molar-refractivity contribution in [2.45, 2.75) is 13.5 Å². The number of nitrogens with zero attached hydrogens (tertiary/aromatic N) is 1. The number of aromatic nitrogens is 1. The van der Waals surface area contributed by atoms with Gasteiger partial charge in [0, 0.05) is 6.54 Å². The molecule has 0 aliphatic carbocycles. The van der Waals surface area contributed by atoms with Crippen molar-refractivity contribution in [2.75, 3.05) is 0 Å². The average molecular weight is 279 g/mol. The van der Waals surface area contributed by atoms with Crippen LogP contribution in [-0.4, -0.2) is 10.9 Å². The summed E-state index contributed by atoms with van der Waals surface area (Å²) in [7, 11) is 0. The van der Waals surface area contributed by atoms with Crippen LogP contribution in [0.5, 0.6) is 0 Å². The molecule has 3 nitrogen and oxygen atoms in total. The smallest absolute Gasteiger partial charge is 0.254 e. The van der Waals surface area contributed by atoms with Gasteiger partial charge in [-0.1, -0.05) is 41.4 Å². The molecule has 1 amide bonds. The first-order valence-corrected chi connectivity index (χ1v) is 6.09. The Morgan fingerprint density at radius 3 is 2.74 bits per heavy atom. The van der Waals surface area contributed by atoms with E-state index in [4.69, 9.17) is 11.6 Å². The van der Waals surface area contributed by atoms with Gasteiger partial charge in [0.05, 0.1) is 11.8 Å². The first kappa shape index (κ1) is 13.5. The normalized spacial score (nSPS) is 10.3. The molecule has 0 spiro atoms. The van der Waals surface area contributed by atoms with Gasteiger partial charge in [-0.25, -0.2) is 9.37 Å². The standard InChI is InChI=1S/C14H12ClFN2O/c1-9-2-4-10(5-3-9)7-18-14(19)12-6-11(16)8-17-13(12)15/h2-6,8H,7H2,1H3,(H,18,19). The topological polar surface area (TPSA) is 42.0 Å². The van der Waals surface area contributed by atoms with Crippen LogP contribution in [0.25, 0.3) is 0 Å². The molecule has 19 heavy (non-hydrogen) atoms. The van der Waals surface area contributed by atoms with Crippen molar-refractivity contribution < 1.29 is 9.18 Å². The molecule has 0 aliphatic rings. The highest BCUT2D eigenvalue weighted by atomic mass is 35.5. The van der Waals surface area contributed by atoms with E-state index < -0.39 is 11.7 Å². The van der Waals surface area contributed by atoms with Crippen LogP contribution >= 0.6 is 11.6 Å². The van der Waals surface area contributed by atoms with Gasteiger partial charge < -0.3 is 5.32 Å². The second kappa shape index (κ2) is 5.80. The third-order valence-corrected chi connectivity index (χ3v) is 2.93. The zero-order valence-electron chi connectivity index (χ0n) is 10.3. The maximum Gasteiger partial charge on any atom is 0.254 e. The monoisotopic (exact) mass is 278 g/mol. The summed E-state index contributed by atoms with van der Waals surface area (Å²) in [6.07, 6.45) is 0.971. The molecular weight excluding hydrogens is 267 g/mol. The number of hydrogen-bond donors (Lipinski definition) is 1. The second-order valence-corrected chi connectivity index (χ2v) is 4.52. The van der Waals surface area contributed by atoms with Crippen LogP contribution in [0.3, 0.4) is 0 Å². The van der Waals surface area contributed by atoms with E-state index in [-0.39, 0.29) is 10.7 Å². The number of hydrogen-bond acceptors (Lipinski definition) is 2. The lowest BCUT2D eigenvalue weighted by molar-refractivity contribution is 0.0950. The van der Waals surface area contributed by atoms with Crippen LogP contribution in [0.4, 0.5) is 4.39 Å². The van der Waals surface area contributed by atoms with Gasteiger partial charge in [0.25, 0.3) is 5.91 Å². The minimum Gasteiger partial charge on any atom is -0.348 e. The van der Waals surface area contributed by atoms with Crippen LogP contribution in [0, 0.1) is 12.7 Å². The maximum absolute atomic E-state index is 13.0. The number of pyridine rings is 1. The van der Waals surface area contributed by atoms with Crippen LogP contribution in [0.2, 0.25) is 5.15 Å². The molecule has 0 saturated carbocycles. The van der Waals surface area contributed by atoms with Gasteiger partial charge >= 0.3 is 0 Å². The van der Waals surface area contributed by atoms with E-state index in [1.165, 1.54) is 0 Å². The molecule has 1 aromatic carbocycles. The molecule has 5 heteroatoms. The predicted octanol–water partition coefficient (Wildman–Crippen LogP) is 3.11. The second-order valence-electron chi connectivity index (χ2n) is 4.16. The van der Waals surface area contributed by atoms with Crippen LogP contribution in [-0.2, 0) is 6.54 Å². The van der Waals surface area contributed by atoms with Crippen molar-refractivity contribution >= 4 is 17.5 Å². The third kappa shape index (κ3) is 3.51. The SMILES string of the molecule is Cc1ccc(CNC(=O)c2cc(F)cnc2Cl)cc1. The van der Waals surface area contributed by atoms with Gasteiger partial charge in [-0.05, 0) is 18.6 Å². The fraction of sp³-hybridized carbons (Fsp3) is 0.143. The van der Waals surface area contributed by atoms with Crippen molar-refractivity contribution in [2.24, 2.45) is 0 Å². The molecule has 0 radical (unpaired) electrons. The Morgan fingerprint density at radius 2 is 2.05 bits per heavy atom. The molecule has 0 unspecified atom stereocenters. The van der Waals surface area contributed by atoms with E-state index in [0.29, 0.717) is 6.54 Å². The molecule has 1 N–H and O–H groups in total. The zero-order chi connectivity index (χ0) is 13.8. The van der Waals surface area contributed by atoms with E-state index in [2.05, 4.69) is 10.3 Å². The molecule has 0 fully saturated rings. The summed E-state index contributed by atoms with van der Waals surface area (Å²) in [6.45, 7) is 2.34. The quantitative estimate of drug-likeness (QED) is 0.877. The molecule has 0 aliphatic heterocycles. The van der Waals surface area contributed by atoms with E-state index in [1.807, 2.05) is 31.2 Å². The molecule has 1 heterocycles. The Balaban J connectivity index is 2.05. The summed E-state index contributed by atoms with van der Waals surface area (Å²) < 4.78 is 13.0. The van der Waals surface area contributed by atoms with Gasteiger partial charge in [0.15, 0.2) is 0 Å². The molecule has 0 bridgehead atoms. The summed E-state index contributed by atoms with van der Waals surface area (Å²) in [5, 5.41) is 2.66. The minimum absolute atomic E-state index is 0.0113. The van der Waals surface area contributed by atoms with Crippen LogP contribution in [0.15, 0.2) is 36.5 Å². The summed E-state index contributed by atoms with van der Waals surface area (Å²) in [6, 6.07) is 8.82. The number of benzene rings is 1. The predicted molar refractivity (Wildman–Crippen MR) is 71.6 cm³/mol. The highest BCUT2D eigenvalue weighted by Crippen LogP contribution is 2.13. The summed E-state index contributed by atoms with van der Waals surface area (Å²) in [5.74, 6) is -1.04. The summed E-state index contributed by atoms with van der Waals surface area (Å²) in [4.78, 5) is 15.5. The van der Waals surface area contributed by atoms with Gasteiger partial charge in [-0.15, -0.1) is 0 Å². The Morgan fingerprint density at radius 1 is 1.37 bits per heavy atom. The van der Waals surface area contributed by atoms with Crippen molar-refractivity contribution in [3.8, 4) is 0 Å². The Labute approximate surface area is 115 Å². The van der Waals surface area contributed by atoms with E-state index in [0.717, 1.165) is 23.4 Å². The largest absolute Gasteiger partial charge is 0.348 e. The Hall–Kier alpha value is -1.94. The number of carbonyl (C=O) groups is 1. The molecule has 2 aromatic rings. The van der Waals surface area contributed by atoms with Gasteiger partial charge in [-0.3, -0.25) is 4.79 Å². The van der Waals surface area contributed by atoms with Crippen molar-refractivity contribution in [3.63, 3.8) is 0 Å². The molecule has 98 valence electrons. The molecule has 2 rings (SSSR count). The van der Waals surface area contributed by atoms with Crippen molar-refractivity contribution in [1.82, 2.24) is 10.3 Å². The minimum atomic E-state index is -0.593. The first-order valence-electron chi connectivity index (χ1n) is 5.71. The molecular formula is C14H12ClFN2O. The lowest BCUT2D eigenvalue weighted by Gasteiger charge is -2.06. The zero-order valence-corrected chi connectivity index (χ0v) is 11.0. The lowest BCUT2D eigenvalue weighted by Crippen LogP contribution is -2.23. The Bertz CT molecular complexity index is 599. The lowest BCUT2D eigenvalue weighted by atomic mass is 10.1. The number of rotatable bonds is 3. The molecule has 0 atom stereocenters. The van der Waals surface area contributed by atoms with Crippen molar-refractivity contribution in [3.05, 3.63) is 64.2 Å². The summed E-state index contributed by atoms with van der Waals surface area (Å²) >= 11 is 5.76. The average Bonchev–Trinajstić information content (AvgIpc) is 2.40. The van der Waals surface area contributed by atoms with E-state index in [9.17, 15) is 9.18 Å². The van der Waals surface area contributed by atoms with Crippen LogP contribution < -0.4 is 5.32 Å². The fourth-order valence-electron chi connectivity index (χ4n) is 1.57. The van der Waals surface area contributed by atoms with E-state index in [1.54, 1.807) is 0 Å². The number of amides is 1. The number of halogens is 2. The highest BCUT2D eigenvalue weighted by Gasteiger charge is 2.12. The summed E-state index contributed by atoms with van der Waals surface area (Å²) in [5.41, 5.74) is 2.14. The van der Waals surface area contributed by atoms with Crippen LogP contribution in [0.1, 0.15) is 21.5 Å². The number of carbonyl (C=O) groups excluding carboxylic acids is 1. The number of nitrogens with one attached hydrogen (secondary N) is 1. The highest BCUT2D eigenvalue weighted by molar-refractivity contribution is 6.32. The maximum atomic E-state index is 13.0. The molecule has 1 aromatic heterocycles. The van der Waals surface area contributed by atoms with Gasteiger partial charge in [-0.2, -0.15) is 0 Å². The van der Waals surface area contributed by atoms with Gasteiger partial charge in [0.2, 0.25) is 0 Å². The molecule has 0 saturated heterocycles. The third-order valence-electron chi connectivity index (χ3n) is 2.62. The number of aryl methyl sites for hydroxylation is 1.